The highest BCUT2D eigenvalue weighted by atomic mass is 16.6. The van der Waals surface area contributed by atoms with Crippen molar-refractivity contribution < 1.29 is 9.53 Å². The number of carbonyl (C=O) groups excluding carboxylic acids is 1. The molecule has 2 rings (SSSR count). The van der Waals surface area contributed by atoms with Crippen LogP contribution in [0.15, 0.2) is 0 Å². The van der Waals surface area contributed by atoms with Gasteiger partial charge in [0, 0.05) is 25.9 Å². The summed E-state index contributed by atoms with van der Waals surface area (Å²) in [5, 5.41) is 0. The van der Waals surface area contributed by atoms with Crippen LogP contribution in [-0.4, -0.2) is 36.1 Å². The predicted octanol–water partition coefficient (Wildman–Crippen LogP) is 3.23. The maximum atomic E-state index is 11.6. The molecule has 1 spiro atoms. The third-order valence-electron chi connectivity index (χ3n) is 5.11. The van der Waals surface area contributed by atoms with Crippen LogP contribution in [0.1, 0.15) is 59.3 Å². The van der Waals surface area contributed by atoms with Gasteiger partial charge in [-0.05, 0) is 18.8 Å². The van der Waals surface area contributed by atoms with Crippen LogP contribution in [0.2, 0.25) is 0 Å². The molecule has 110 valence electrons. The lowest BCUT2D eigenvalue weighted by Crippen LogP contribution is -2.47. The molecule has 3 atom stereocenters. The number of hydrogen-bond acceptors (Lipinski definition) is 2. The quantitative estimate of drug-likeness (QED) is 0.692. The van der Waals surface area contributed by atoms with Crippen molar-refractivity contribution in [2.24, 2.45) is 11.8 Å². The molecular formula is C16H29NO2. The second-order valence-corrected chi connectivity index (χ2v) is 6.42. The van der Waals surface area contributed by atoms with E-state index in [1.165, 1.54) is 32.1 Å². The van der Waals surface area contributed by atoms with E-state index in [2.05, 4.69) is 13.8 Å². The van der Waals surface area contributed by atoms with Gasteiger partial charge in [0.1, 0.15) is 0 Å². The minimum Gasteiger partial charge on any atom is -0.369 e. The number of carbonyl (C=O) groups is 1. The van der Waals surface area contributed by atoms with Gasteiger partial charge < -0.3 is 9.64 Å². The summed E-state index contributed by atoms with van der Waals surface area (Å²) >= 11 is 0. The van der Waals surface area contributed by atoms with Crippen LogP contribution in [0.3, 0.4) is 0 Å². The van der Waals surface area contributed by atoms with E-state index in [1.54, 1.807) is 6.92 Å². The summed E-state index contributed by atoms with van der Waals surface area (Å²) in [4.78, 5) is 13.6. The first-order chi connectivity index (χ1) is 9.11. The summed E-state index contributed by atoms with van der Waals surface area (Å²) < 4.78 is 5.79. The van der Waals surface area contributed by atoms with Crippen molar-refractivity contribution >= 4 is 5.91 Å². The zero-order valence-corrected chi connectivity index (χ0v) is 12.8. The Hall–Kier alpha value is -0.570. The summed E-state index contributed by atoms with van der Waals surface area (Å²) in [6, 6.07) is 0. The maximum Gasteiger partial charge on any atom is 0.219 e. The summed E-state index contributed by atoms with van der Waals surface area (Å²) in [7, 11) is 0. The molecule has 0 aromatic heterocycles. The van der Waals surface area contributed by atoms with Crippen molar-refractivity contribution in [3.05, 3.63) is 0 Å². The third kappa shape index (κ3) is 3.50. The SMILES string of the molecule is CCCCC(CC)CC1CN(C(C)=O)CCC12CO2. The minimum atomic E-state index is 0.144. The average molecular weight is 267 g/mol. The normalized spacial score (nSPS) is 31.5. The van der Waals surface area contributed by atoms with Crippen LogP contribution in [0.5, 0.6) is 0 Å². The first-order valence-corrected chi connectivity index (χ1v) is 8.00. The van der Waals surface area contributed by atoms with Crippen molar-refractivity contribution in [1.82, 2.24) is 4.90 Å². The standard InChI is InChI=1S/C16H29NO2/c1-4-6-7-14(5-2)10-15-11-17(13(3)18)9-8-16(15)12-19-16/h14-15H,4-12H2,1-3H3. The molecule has 0 N–H and O–H groups in total. The number of likely N-dealkylation sites (tertiary alicyclic amines) is 1. The van der Waals surface area contributed by atoms with Gasteiger partial charge >= 0.3 is 0 Å². The molecule has 2 saturated heterocycles. The van der Waals surface area contributed by atoms with Crippen molar-refractivity contribution in [1.29, 1.82) is 0 Å². The molecule has 2 heterocycles. The second-order valence-electron chi connectivity index (χ2n) is 6.42. The lowest BCUT2D eigenvalue weighted by atomic mass is 9.78. The molecule has 0 radical (unpaired) electrons. The smallest absolute Gasteiger partial charge is 0.219 e. The van der Waals surface area contributed by atoms with Crippen LogP contribution in [-0.2, 0) is 9.53 Å². The zero-order chi connectivity index (χ0) is 13.9. The van der Waals surface area contributed by atoms with Gasteiger partial charge in [0.25, 0.3) is 0 Å². The number of nitrogens with zero attached hydrogens (tertiary/aromatic N) is 1. The van der Waals surface area contributed by atoms with E-state index >= 15 is 0 Å². The molecule has 0 bridgehead atoms. The topological polar surface area (TPSA) is 32.8 Å². The van der Waals surface area contributed by atoms with Crippen LogP contribution in [0.4, 0.5) is 0 Å². The highest BCUT2D eigenvalue weighted by Gasteiger charge is 2.54. The second kappa shape index (κ2) is 6.25. The number of ether oxygens (including phenoxy) is 1. The molecule has 2 aliphatic rings. The van der Waals surface area contributed by atoms with Gasteiger partial charge in [-0.25, -0.2) is 0 Å². The molecule has 3 nitrogen and oxygen atoms in total. The highest BCUT2D eigenvalue weighted by molar-refractivity contribution is 5.73. The molecule has 2 fully saturated rings. The Morgan fingerprint density at radius 2 is 2.21 bits per heavy atom. The highest BCUT2D eigenvalue weighted by Crippen LogP contribution is 2.45. The summed E-state index contributed by atoms with van der Waals surface area (Å²) in [5.41, 5.74) is 0.144. The third-order valence-corrected chi connectivity index (χ3v) is 5.11. The Morgan fingerprint density at radius 1 is 1.47 bits per heavy atom. The Balaban J connectivity index is 1.93. The summed E-state index contributed by atoms with van der Waals surface area (Å²) in [6.07, 6.45) is 7.48. The fourth-order valence-electron chi connectivity index (χ4n) is 3.48. The number of hydrogen-bond donors (Lipinski definition) is 0. The fourth-order valence-corrected chi connectivity index (χ4v) is 3.48. The Morgan fingerprint density at radius 3 is 2.74 bits per heavy atom. The molecule has 1 amide bonds. The molecule has 3 heteroatoms. The monoisotopic (exact) mass is 267 g/mol. The van der Waals surface area contributed by atoms with Gasteiger partial charge in [0.05, 0.1) is 12.2 Å². The summed E-state index contributed by atoms with van der Waals surface area (Å²) in [5.74, 6) is 1.59. The molecule has 0 saturated carbocycles. The largest absolute Gasteiger partial charge is 0.369 e. The summed E-state index contributed by atoms with van der Waals surface area (Å²) in [6.45, 7) is 8.98. The zero-order valence-electron chi connectivity index (χ0n) is 12.8. The number of amides is 1. The van der Waals surface area contributed by atoms with Gasteiger partial charge in [-0.2, -0.15) is 0 Å². The van der Waals surface area contributed by atoms with Gasteiger partial charge in [0.15, 0.2) is 0 Å². The Kier molecular flexibility index (Phi) is 4.88. The van der Waals surface area contributed by atoms with Gasteiger partial charge in [0.2, 0.25) is 5.91 Å². The van der Waals surface area contributed by atoms with Crippen LogP contribution in [0, 0.1) is 11.8 Å². The van der Waals surface area contributed by atoms with Gasteiger partial charge in [-0.15, -0.1) is 0 Å². The van der Waals surface area contributed by atoms with Crippen LogP contribution < -0.4 is 0 Å². The molecule has 3 unspecified atom stereocenters. The maximum absolute atomic E-state index is 11.6. The Labute approximate surface area is 117 Å². The van der Waals surface area contributed by atoms with E-state index in [-0.39, 0.29) is 11.5 Å². The first-order valence-electron chi connectivity index (χ1n) is 8.00. The van der Waals surface area contributed by atoms with E-state index < -0.39 is 0 Å². The molecular weight excluding hydrogens is 238 g/mol. The van der Waals surface area contributed by atoms with Gasteiger partial charge in [-0.3, -0.25) is 4.79 Å². The lowest BCUT2D eigenvalue weighted by Gasteiger charge is -2.38. The van der Waals surface area contributed by atoms with E-state index in [9.17, 15) is 4.79 Å². The predicted molar refractivity (Wildman–Crippen MR) is 77.0 cm³/mol. The number of unbranched alkanes of at least 4 members (excludes halogenated alkanes) is 1. The Bertz CT molecular complexity index is 312. The van der Waals surface area contributed by atoms with E-state index in [1.807, 2.05) is 4.90 Å². The van der Waals surface area contributed by atoms with Crippen molar-refractivity contribution in [2.45, 2.75) is 64.9 Å². The fraction of sp³-hybridized carbons (Fsp3) is 0.938. The van der Waals surface area contributed by atoms with Crippen molar-refractivity contribution in [3.63, 3.8) is 0 Å². The van der Waals surface area contributed by atoms with E-state index in [4.69, 9.17) is 4.74 Å². The molecule has 0 aromatic carbocycles. The molecule has 2 aliphatic heterocycles. The minimum absolute atomic E-state index is 0.144. The lowest BCUT2D eigenvalue weighted by molar-refractivity contribution is -0.131. The van der Waals surface area contributed by atoms with Crippen molar-refractivity contribution in [2.75, 3.05) is 19.7 Å². The first kappa shape index (κ1) is 14.8. The van der Waals surface area contributed by atoms with E-state index in [0.29, 0.717) is 5.92 Å². The number of piperidine rings is 1. The van der Waals surface area contributed by atoms with Crippen molar-refractivity contribution in [3.8, 4) is 0 Å². The molecule has 0 aromatic rings. The number of epoxide rings is 1. The van der Waals surface area contributed by atoms with Crippen LogP contribution >= 0.6 is 0 Å². The molecule has 0 aliphatic carbocycles. The van der Waals surface area contributed by atoms with Crippen LogP contribution in [0.25, 0.3) is 0 Å². The molecule has 19 heavy (non-hydrogen) atoms. The van der Waals surface area contributed by atoms with E-state index in [0.717, 1.165) is 32.0 Å². The average Bonchev–Trinajstić information content (AvgIpc) is 3.17. The van der Waals surface area contributed by atoms with Gasteiger partial charge in [-0.1, -0.05) is 39.5 Å². The number of rotatable bonds is 6.